The van der Waals surface area contributed by atoms with Gasteiger partial charge in [0.05, 0.1) is 13.2 Å². The van der Waals surface area contributed by atoms with Crippen LogP contribution in [0.25, 0.3) is 0 Å². The first-order chi connectivity index (χ1) is 6.34. The van der Waals surface area contributed by atoms with E-state index in [0.717, 1.165) is 6.40 Å². The van der Waals surface area contributed by atoms with Crippen LogP contribution in [0.5, 0.6) is 0 Å². The Bertz CT molecular complexity index is 193. The number of amides is 1. The molecule has 1 rings (SSSR count). The van der Waals surface area contributed by atoms with Crippen molar-refractivity contribution < 1.29 is 18.7 Å². The number of halogens is 1. The minimum atomic E-state index is -0.485. The molecule has 1 aliphatic rings. The van der Waals surface area contributed by atoms with Gasteiger partial charge in [0.1, 0.15) is 0 Å². The van der Waals surface area contributed by atoms with E-state index in [-0.39, 0.29) is 0 Å². The molecule has 74 valence electrons. The fourth-order valence-corrected chi connectivity index (χ4v) is 0.936. The summed E-state index contributed by atoms with van der Waals surface area (Å²) in [7, 11) is 0. The maximum Gasteiger partial charge on any atom is 0.416 e. The van der Waals surface area contributed by atoms with Gasteiger partial charge >= 0.3 is 6.09 Å². The maximum absolute atomic E-state index is 11.1. The van der Waals surface area contributed by atoms with E-state index >= 15 is 0 Å². The van der Waals surface area contributed by atoms with Crippen LogP contribution >= 0.6 is 11.9 Å². The number of morpholine rings is 1. The zero-order valence-corrected chi connectivity index (χ0v) is 7.57. The molecule has 0 N–H and O–H groups in total. The molecule has 0 bridgehead atoms. The van der Waals surface area contributed by atoms with Crippen molar-refractivity contribution >= 4 is 24.4 Å². The Hall–Kier alpha value is -1.01. The number of carbonyl (C=O) groups excluding carboxylic acids is 1. The summed E-state index contributed by atoms with van der Waals surface area (Å²) in [5, 5.41) is 3.05. The summed E-state index contributed by atoms with van der Waals surface area (Å²) in [5.41, 5.74) is 0. The lowest BCUT2D eigenvalue weighted by molar-refractivity contribution is 0.0408. The molecule has 13 heavy (non-hydrogen) atoms. The van der Waals surface area contributed by atoms with E-state index in [1.54, 1.807) is 0 Å². The molecule has 0 unspecified atom stereocenters. The number of hydrogen-bond acceptors (Lipinski definition) is 5. The summed E-state index contributed by atoms with van der Waals surface area (Å²) < 4.78 is 13.4. The molecule has 0 atom stereocenters. The lowest BCUT2D eigenvalue weighted by atomic mass is 10.5. The van der Waals surface area contributed by atoms with E-state index in [1.165, 1.54) is 4.90 Å². The van der Waals surface area contributed by atoms with Gasteiger partial charge in [-0.15, -0.1) is 0 Å². The Kier molecular flexibility index (Phi) is 4.34. The molecular weight excluding hydrogens is 200 g/mol. The molecule has 7 heteroatoms. The highest BCUT2D eigenvalue weighted by atomic mass is 35.5. The predicted octanol–water partition coefficient (Wildman–Crippen LogP) is 0.569. The van der Waals surface area contributed by atoms with Gasteiger partial charge in [-0.2, -0.15) is 0 Å². The largest absolute Gasteiger partial charge is 0.416 e. The van der Waals surface area contributed by atoms with Crippen molar-refractivity contribution in [2.75, 3.05) is 26.3 Å². The second-order valence-corrected chi connectivity index (χ2v) is 2.40. The Labute approximate surface area is 80.1 Å². The number of hydrogen-bond donors (Lipinski definition) is 0. The van der Waals surface area contributed by atoms with Crippen molar-refractivity contribution in [2.45, 2.75) is 0 Å². The van der Waals surface area contributed by atoms with Gasteiger partial charge in [0.15, 0.2) is 11.9 Å². The van der Waals surface area contributed by atoms with Gasteiger partial charge in [-0.3, -0.25) is 4.39 Å². The third-order valence-electron chi connectivity index (χ3n) is 1.51. The van der Waals surface area contributed by atoms with Crippen LogP contribution in [-0.4, -0.2) is 43.7 Å². The highest BCUT2D eigenvalue weighted by Gasteiger charge is 2.17. The van der Waals surface area contributed by atoms with Crippen LogP contribution in [0.1, 0.15) is 0 Å². The predicted molar refractivity (Wildman–Crippen MR) is 44.3 cm³/mol. The summed E-state index contributed by atoms with van der Waals surface area (Å²) in [6.07, 6.45) is 0.353. The highest BCUT2D eigenvalue weighted by Crippen LogP contribution is 1.98. The van der Waals surface area contributed by atoms with Gasteiger partial charge in [0.2, 0.25) is 6.40 Å². The van der Waals surface area contributed by atoms with E-state index < -0.39 is 6.09 Å². The molecule has 0 radical (unpaired) electrons. The van der Waals surface area contributed by atoms with Crippen LogP contribution in [0.4, 0.5) is 4.79 Å². The summed E-state index contributed by atoms with van der Waals surface area (Å²) in [6, 6.07) is 0. The molecule has 0 aromatic rings. The second kappa shape index (κ2) is 5.60. The lowest BCUT2D eigenvalue weighted by Crippen LogP contribution is -2.40. The average Bonchev–Trinajstić information content (AvgIpc) is 2.19. The van der Waals surface area contributed by atoms with Crippen LogP contribution in [0.3, 0.4) is 0 Å². The van der Waals surface area contributed by atoms with E-state index in [2.05, 4.69) is 14.3 Å². The number of rotatable bonds is 2. The molecule has 0 spiro atoms. The van der Waals surface area contributed by atoms with Crippen LogP contribution in [-0.2, 0) is 13.9 Å². The molecule has 1 fully saturated rings. The minimum Gasteiger partial charge on any atom is -0.395 e. The number of carbonyl (C=O) groups is 1. The van der Waals surface area contributed by atoms with Gasteiger partial charge in [0.25, 0.3) is 0 Å². The Morgan fingerprint density at radius 1 is 1.54 bits per heavy atom. The SMILES string of the molecule is O=C(O/C=N/OCl)N1CCOCC1. The van der Waals surface area contributed by atoms with Crippen LogP contribution in [0, 0.1) is 0 Å². The molecule has 6 nitrogen and oxygen atoms in total. The Morgan fingerprint density at radius 3 is 2.85 bits per heavy atom. The first-order valence-corrected chi connectivity index (χ1v) is 3.98. The van der Waals surface area contributed by atoms with Crippen molar-refractivity contribution in [1.82, 2.24) is 4.90 Å². The van der Waals surface area contributed by atoms with E-state index in [4.69, 9.17) is 16.6 Å². The molecule has 0 aliphatic carbocycles. The first-order valence-electron chi connectivity index (χ1n) is 3.67. The second-order valence-electron chi connectivity index (χ2n) is 2.26. The summed E-state index contributed by atoms with van der Waals surface area (Å²) in [6.45, 7) is 2.10. The molecule has 0 saturated carbocycles. The fourth-order valence-electron chi connectivity index (χ4n) is 0.903. The summed E-state index contributed by atoms with van der Waals surface area (Å²) >= 11 is 4.75. The van der Waals surface area contributed by atoms with E-state index in [9.17, 15) is 4.79 Å². The topological polar surface area (TPSA) is 60.4 Å². The minimum absolute atomic E-state index is 0.485. The maximum atomic E-state index is 11.1. The van der Waals surface area contributed by atoms with Gasteiger partial charge in [-0.25, -0.2) is 4.79 Å². The van der Waals surface area contributed by atoms with Crippen molar-refractivity contribution in [3.63, 3.8) is 0 Å². The third kappa shape index (κ3) is 3.47. The first kappa shape index (κ1) is 10.1. The average molecular weight is 209 g/mol. The number of nitrogens with zero attached hydrogens (tertiary/aromatic N) is 2. The summed E-state index contributed by atoms with van der Waals surface area (Å²) in [4.78, 5) is 12.6. The lowest BCUT2D eigenvalue weighted by Gasteiger charge is -2.24. The number of oxime groups is 1. The fraction of sp³-hybridized carbons (Fsp3) is 0.667. The molecule has 1 amide bonds. The van der Waals surface area contributed by atoms with E-state index in [0.29, 0.717) is 26.3 Å². The van der Waals surface area contributed by atoms with Crippen molar-refractivity contribution in [3.05, 3.63) is 0 Å². The monoisotopic (exact) mass is 208 g/mol. The quantitative estimate of drug-likeness (QED) is 0.378. The van der Waals surface area contributed by atoms with Crippen molar-refractivity contribution in [2.24, 2.45) is 5.16 Å². The molecule has 1 aliphatic heterocycles. The Morgan fingerprint density at radius 2 is 2.23 bits per heavy atom. The molecule has 0 aromatic heterocycles. The van der Waals surface area contributed by atoms with Crippen LogP contribution in [0.2, 0.25) is 0 Å². The van der Waals surface area contributed by atoms with Crippen LogP contribution in [0.15, 0.2) is 5.16 Å². The van der Waals surface area contributed by atoms with Gasteiger partial charge in [-0.05, 0) is 5.16 Å². The van der Waals surface area contributed by atoms with E-state index in [1.807, 2.05) is 0 Å². The van der Waals surface area contributed by atoms with Crippen molar-refractivity contribution in [3.8, 4) is 0 Å². The summed E-state index contributed by atoms with van der Waals surface area (Å²) in [5.74, 6) is 0. The van der Waals surface area contributed by atoms with Crippen LogP contribution < -0.4 is 0 Å². The third-order valence-corrected chi connectivity index (χ3v) is 1.59. The zero-order valence-electron chi connectivity index (χ0n) is 6.81. The van der Waals surface area contributed by atoms with Gasteiger partial charge in [-0.1, -0.05) is 0 Å². The zero-order chi connectivity index (χ0) is 9.52. The van der Waals surface area contributed by atoms with Gasteiger partial charge < -0.3 is 14.4 Å². The molecular formula is C6H9ClN2O4. The Balaban J connectivity index is 2.25. The molecule has 1 saturated heterocycles. The number of ether oxygens (including phenoxy) is 2. The standard InChI is InChI=1S/C6H9ClN2O4/c7-13-8-5-12-6(10)9-1-3-11-4-2-9/h5H,1-4H2/b8-5+. The van der Waals surface area contributed by atoms with Crippen molar-refractivity contribution in [1.29, 1.82) is 0 Å². The van der Waals surface area contributed by atoms with Gasteiger partial charge in [0, 0.05) is 13.1 Å². The molecule has 1 heterocycles. The smallest absolute Gasteiger partial charge is 0.395 e. The normalized spacial score (nSPS) is 17.5. The molecule has 0 aromatic carbocycles. The highest BCUT2D eigenvalue weighted by molar-refractivity contribution is 6.07.